The van der Waals surface area contributed by atoms with Gasteiger partial charge in [0.2, 0.25) is 0 Å². The summed E-state index contributed by atoms with van der Waals surface area (Å²) in [6.07, 6.45) is 0.0222. The topological polar surface area (TPSA) is 125 Å². The van der Waals surface area contributed by atoms with Crippen molar-refractivity contribution in [1.82, 2.24) is 5.32 Å². The molecule has 1 aromatic carbocycles. The zero-order valence-corrected chi connectivity index (χ0v) is 10.9. The molecule has 0 saturated carbocycles. The maximum atomic E-state index is 11.8. The van der Waals surface area contributed by atoms with Crippen LogP contribution in [0.1, 0.15) is 23.7 Å². The predicted octanol–water partition coefficient (Wildman–Crippen LogP) is 0.860. The molecular weight excluding hydrogens is 266 g/mol. The SMILES string of the molecule is CCOC(=O)CCNC(=O)c1cc([N+](=O)[O-])ccc1N. The van der Waals surface area contributed by atoms with Gasteiger partial charge in [-0.3, -0.25) is 19.7 Å². The minimum absolute atomic E-state index is 0.00283. The van der Waals surface area contributed by atoms with Crippen LogP contribution in [0.2, 0.25) is 0 Å². The summed E-state index contributed by atoms with van der Waals surface area (Å²) < 4.78 is 4.70. The highest BCUT2D eigenvalue weighted by Gasteiger charge is 2.15. The van der Waals surface area contributed by atoms with E-state index in [2.05, 4.69) is 5.32 Å². The summed E-state index contributed by atoms with van der Waals surface area (Å²) >= 11 is 0. The molecule has 0 spiro atoms. The molecule has 1 aromatic rings. The Hall–Kier alpha value is -2.64. The minimum atomic E-state index is -0.616. The van der Waals surface area contributed by atoms with E-state index in [-0.39, 0.29) is 36.5 Å². The third kappa shape index (κ3) is 4.23. The predicted molar refractivity (Wildman–Crippen MR) is 71.1 cm³/mol. The number of benzene rings is 1. The van der Waals surface area contributed by atoms with Crippen LogP contribution in [-0.2, 0) is 9.53 Å². The minimum Gasteiger partial charge on any atom is -0.466 e. The lowest BCUT2D eigenvalue weighted by molar-refractivity contribution is -0.384. The summed E-state index contributed by atoms with van der Waals surface area (Å²) in [5.41, 5.74) is 5.50. The average Bonchev–Trinajstić information content (AvgIpc) is 2.39. The van der Waals surface area contributed by atoms with Crippen molar-refractivity contribution in [1.29, 1.82) is 0 Å². The third-order valence-corrected chi connectivity index (χ3v) is 2.41. The number of ether oxygens (including phenoxy) is 1. The highest BCUT2D eigenvalue weighted by atomic mass is 16.6. The molecule has 108 valence electrons. The molecule has 0 saturated heterocycles. The maximum absolute atomic E-state index is 11.8. The van der Waals surface area contributed by atoms with Crippen molar-refractivity contribution in [3.05, 3.63) is 33.9 Å². The van der Waals surface area contributed by atoms with Crippen molar-refractivity contribution < 1.29 is 19.2 Å². The molecule has 0 heterocycles. The van der Waals surface area contributed by atoms with Gasteiger partial charge < -0.3 is 15.8 Å². The average molecular weight is 281 g/mol. The van der Waals surface area contributed by atoms with Gasteiger partial charge in [-0.15, -0.1) is 0 Å². The second-order valence-corrected chi connectivity index (χ2v) is 3.84. The molecule has 1 rings (SSSR count). The smallest absolute Gasteiger partial charge is 0.307 e. The molecule has 0 bridgehead atoms. The summed E-state index contributed by atoms with van der Waals surface area (Å²) in [6.45, 7) is 2.02. The van der Waals surface area contributed by atoms with Gasteiger partial charge >= 0.3 is 5.97 Å². The first-order valence-electron chi connectivity index (χ1n) is 5.93. The van der Waals surface area contributed by atoms with Crippen molar-refractivity contribution in [3.8, 4) is 0 Å². The van der Waals surface area contributed by atoms with Crippen molar-refractivity contribution in [2.24, 2.45) is 0 Å². The normalized spacial score (nSPS) is 9.85. The van der Waals surface area contributed by atoms with Gasteiger partial charge in [0, 0.05) is 24.4 Å². The number of carbonyl (C=O) groups excluding carboxylic acids is 2. The number of rotatable bonds is 6. The number of anilines is 1. The second kappa shape index (κ2) is 7.07. The molecule has 0 fully saturated rings. The summed E-state index contributed by atoms with van der Waals surface area (Å²) in [7, 11) is 0. The van der Waals surface area contributed by atoms with Gasteiger partial charge in [0.05, 0.1) is 23.5 Å². The van der Waals surface area contributed by atoms with Gasteiger partial charge in [-0.1, -0.05) is 0 Å². The van der Waals surface area contributed by atoms with Crippen LogP contribution >= 0.6 is 0 Å². The Morgan fingerprint density at radius 2 is 2.15 bits per heavy atom. The Morgan fingerprint density at radius 3 is 2.75 bits per heavy atom. The van der Waals surface area contributed by atoms with E-state index in [1.54, 1.807) is 6.92 Å². The van der Waals surface area contributed by atoms with Crippen LogP contribution in [0.25, 0.3) is 0 Å². The Labute approximate surface area is 115 Å². The number of nitrogens with two attached hydrogens (primary N) is 1. The van der Waals surface area contributed by atoms with E-state index in [4.69, 9.17) is 10.5 Å². The first-order chi connectivity index (χ1) is 9.45. The molecule has 0 unspecified atom stereocenters. The van der Waals surface area contributed by atoms with E-state index >= 15 is 0 Å². The first-order valence-corrected chi connectivity index (χ1v) is 5.93. The summed E-state index contributed by atoms with van der Waals surface area (Å²) in [5, 5.41) is 13.1. The molecule has 0 aliphatic carbocycles. The van der Waals surface area contributed by atoms with E-state index in [0.717, 1.165) is 6.07 Å². The zero-order valence-electron chi connectivity index (χ0n) is 10.9. The fraction of sp³-hybridized carbons (Fsp3) is 0.333. The summed E-state index contributed by atoms with van der Waals surface area (Å²) in [5.74, 6) is -1.00. The van der Waals surface area contributed by atoms with Crippen LogP contribution in [0.15, 0.2) is 18.2 Å². The molecule has 1 amide bonds. The lowest BCUT2D eigenvalue weighted by Gasteiger charge is -2.07. The van der Waals surface area contributed by atoms with Gasteiger partial charge in [-0.25, -0.2) is 0 Å². The van der Waals surface area contributed by atoms with Crippen molar-refractivity contribution >= 4 is 23.3 Å². The van der Waals surface area contributed by atoms with Gasteiger partial charge in [-0.05, 0) is 13.0 Å². The summed E-state index contributed by atoms with van der Waals surface area (Å²) in [6, 6.07) is 3.60. The van der Waals surface area contributed by atoms with Crippen molar-refractivity contribution in [2.75, 3.05) is 18.9 Å². The lowest BCUT2D eigenvalue weighted by atomic mass is 10.1. The number of amides is 1. The number of esters is 1. The van der Waals surface area contributed by atoms with Gasteiger partial charge in [0.25, 0.3) is 11.6 Å². The van der Waals surface area contributed by atoms with E-state index < -0.39 is 16.8 Å². The third-order valence-electron chi connectivity index (χ3n) is 2.41. The van der Waals surface area contributed by atoms with E-state index in [1.165, 1.54) is 12.1 Å². The first kappa shape index (κ1) is 15.4. The van der Waals surface area contributed by atoms with Crippen LogP contribution in [-0.4, -0.2) is 30.0 Å². The number of hydrogen-bond donors (Lipinski definition) is 2. The Kier molecular flexibility index (Phi) is 5.45. The van der Waals surface area contributed by atoms with Crippen LogP contribution in [0.5, 0.6) is 0 Å². The number of nitrogens with zero attached hydrogens (tertiary/aromatic N) is 1. The lowest BCUT2D eigenvalue weighted by Crippen LogP contribution is -2.27. The molecule has 20 heavy (non-hydrogen) atoms. The van der Waals surface area contributed by atoms with E-state index in [1.807, 2.05) is 0 Å². The number of hydrogen-bond acceptors (Lipinski definition) is 6. The van der Waals surface area contributed by atoms with Gasteiger partial charge in [0.15, 0.2) is 0 Å². The fourth-order valence-corrected chi connectivity index (χ4v) is 1.46. The second-order valence-electron chi connectivity index (χ2n) is 3.84. The standard InChI is InChI=1S/C12H15N3O5/c1-2-20-11(16)5-6-14-12(17)9-7-8(15(18)19)3-4-10(9)13/h3-4,7H,2,5-6,13H2,1H3,(H,14,17). The fourth-order valence-electron chi connectivity index (χ4n) is 1.46. The monoisotopic (exact) mass is 281 g/mol. The van der Waals surface area contributed by atoms with E-state index in [9.17, 15) is 19.7 Å². The molecule has 8 nitrogen and oxygen atoms in total. The quantitative estimate of drug-likeness (QED) is 0.345. The molecular formula is C12H15N3O5. The number of nitro benzene ring substituents is 1. The Morgan fingerprint density at radius 1 is 1.45 bits per heavy atom. The van der Waals surface area contributed by atoms with Gasteiger partial charge in [-0.2, -0.15) is 0 Å². The van der Waals surface area contributed by atoms with Crippen LogP contribution in [0.3, 0.4) is 0 Å². The highest BCUT2D eigenvalue weighted by molar-refractivity contribution is 5.99. The highest BCUT2D eigenvalue weighted by Crippen LogP contribution is 2.19. The van der Waals surface area contributed by atoms with Crippen molar-refractivity contribution in [3.63, 3.8) is 0 Å². The van der Waals surface area contributed by atoms with Crippen LogP contribution in [0, 0.1) is 10.1 Å². The Bertz CT molecular complexity index is 530. The number of nitrogen functional groups attached to an aromatic ring is 1. The summed E-state index contributed by atoms with van der Waals surface area (Å²) in [4.78, 5) is 32.9. The Balaban J connectivity index is 2.65. The largest absolute Gasteiger partial charge is 0.466 e. The molecule has 3 N–H and O–H groups in total. The molecule has 0 aliphatic heterocycles. The zero-order chi connectivity index (χ0) is 15.1. The molecule has 0 atom stereocenters. The molecule has 0 radical (unpaired) electrons. The van der Waals surface area contributed by atoms with Gasteiger partial charge in [0.1, 0.15) is 0 Å². The molecule has 8 heteroatoms. The maximum Gasteiger partial charge on any atom is 0.307 e. The van der Waals surface area contributed by atoms with Crippen LogP contribution < -0.4 is 11.1 Å². The molecule has 0 aromatic heterocycles. The number of nitro groups is 1. The molecule has 0 aliphatic rings. The number of nitrogens with one attached hydrogen (secondary N) is 1. The number of non-ortho nitro benzene ring substituents is 1. The van der Waals surface area contributed by atoms with E-state index in [0.29, 0.717) is 0 Å². The van der Waals surface area contributed by atoms with Crippen LogP contribution in [0.4, 0.5) is 11.4 Å². The number of carbonyl (C=O) groups is 2. The van der Waals surface area contributed by atoms with Crippen molar-refractivity contribution in [2.45, 2.75) is 13.3 Å².